The Morgan fingerprint density at radius 1 is 1.02 bits per heavy atom. The fraction of sp³-hybridized carbons (Fsp3) is 0.366. The van der Waals surface area contributed by atoms with E-state index in [2.05, 4.69) is 10.3 Å². The number of aryl methyl sites for hydroxylation is 2. The number of anilines is 1. The van der Waals surface area contributed by atoms with Crippen LogP contribution in [0.25, 0.3) is 33.1 Å². The van der Waals surface area contributed by atoms with Gasteiger partial charge in [0.2, 0.25) is 5.91 Å². The summed E-state index contributed by atoms with van der Waals surface area (Å²) < 4.78 is 87.9. The van der Waals surface area contributed by atoms with Gasteiger partial charge in [-0.05, 0) is 89.3 Å². The number of halogens is 6. The normalized spacial score (nSPS) is 16.4. The number of hydrogen-bond acceptors (Lipinski definition) is 6. The highest BCUT2D eigenvalue weighted by molar-refractivity contribution is 6.38. The van der Waals surface area contributed by atoms with Crippen LogP contribution in [0, 0.1) is 18.6 Å². The van der Waals surface area contributed by atoms with E-state index in [9.17, 15) is 27.6 Å². The van der Waals surface area contributed by atoms with Crippen LogP contribution in [0.4, 0.5) is 32.4 Å². The monoisotopic (exact) mass is 813 g/mol. The standard InChI is InChI=1S/C41H41ClF5N5O5/c1-22-48-37-32(50(22)5)21-28(41(45,46)47)34(35(37)42)27-9-7-10-31-26(27)16-18-52(31)38(54)23-19-29(43)36(30(44)20-23)49-33(53)11-8-17-51(39(55)57-40(2,3)4)24-12-14-25(56-6)15-13-24/h7-11,16,18-21,24-25H,12-15,17H2,1-6H3,(H,49,53). The number of nitrogens with one attached hydrogen (secondary N) is 1. The third-order valence-corrected chi connectivity index (χ3v) is 10.4. The second kappa shape index (κ2) is 15.9. The number of fused-ring (bicyclic) bond motifs is 2. The van der Waals surface area contributed by atoms with Crippen LogP contribution in [-0.4, -0.2) is 68.3 Å². The van der Waals surface area contributed by atoms with E-state index in [0.717, 1.165) is 41.7 Å². The van der Waals surface area contributed by atoms with Crippen molar-refractivity contribution < 1.29 is 45.8 Å². The highest BCUT2D eigenvalue weighted by Crippen LogP contribution is 2.46. The van der Waals surface area contributed by atoms with Crippen molar-refractivity contribution in [1.82, 2.24) is 19.0 Å². The Labute approximate surface area is 330 Å². The number of nitrogens with zero attached hydrogens (tertiary/aromatic N) is 4. The number of ether oxygens (including phenoxy) is 2. The van der Waals surface area contributed by atoms with E-state index in [1.54, 1.807) is 41.9 Å². The third kappa shape index (κ3) is 8.54. The summed E-state index contributed by atoms with van der Waals surface area (Å²) in [6.45, 7) is 6.86. The number of carbonyl (C=O) groups is 3. The number of amides is 2. The summed E-state index contributed by atoms with van der Waals surface area (Å²) in [7, 11) is 3.22. The van der Waals surface area contributed by atoms with Gasteiger partial charge >= 0.3 is 12.3 Å². The van der Waals surface area contributed by atoms with Gasteiger partial charge in [-0.25, -0.2) is 18.6 Å². The molecule has 1 N–H and O–H groups in total. The molecule has 16 heteroatoms. The summed E-state index contributed by atoms with van der Waals surface area (Å²) in [5.74, 6) is -3.82. The minimum atomic E-state index is -4.81. The number of hydrogen-bond donors (Lipinski definition) is 1. The first-order valence-corrected chi connectivity index (χ1v) is 18.5. The first-order chi connectivity index (χ1) is 26.8. The number of methoxy groups -OCH3 is 1. The SMILES string of the molecule is COC1CCC(N(CC=CC(=O)Nc2c(F)cc(C(=O)n3ccc4c(-c5c(C(F)(F)F)cc6c(nc(C)n6C)c5Cl)cccc43)cc2F)C(=O)OC(C)(C)C)CC1. The van der Waals surface area contributed by atoms with Gasteiger partial charge in [0.05, 0.1) is 27.7 Å². The number of benzene rings is 3. The van der Waals surface area contributed by atoms with Gasteiger partial charge in [-0.2, -0.15) is 13.2 Å². The smallest absolute Gasteiger partial charge is 0.417 e. The van der Waals surface area contributed by atoms with Crippen LogP contribution in [0.3, 0.4) is 0 Å². The van der Waals surface area contributed by atoms with Gasteiger partial charge in [0, 0.05) is 55.5 Å². The van der Waals surface area contributed by atoms with Gasteiger partial charge in [0.25, 0.3) is 5.91 Å². The molecule has 0 bridgehead atoms. The van der Waals surface area contributed by atoms with Crippen LogP contribution in [0.1, 0.15) is 68.2 Å². The lowest BCUT2D eigenvalue weighted by Crippen LogP contribution is -2.45. The van der Waals surface area contributed by atoms with Gasteiger partial charge in [0.1, 0.15) is 22.6 Å². The van der Waals surface area contributed by atoms with E-state index in [4.69, 9.17) is 21.1 Å². The lowest BCUT2D eigenvalue weighted by molar-refractivity contribution is -0.137. The molecule has 2 heterocycles. The van der Waals surface area contributed by atoms with Crippen LogP contribution in [0.2, 0.25) is 5.02 Å². The average molecular weight is 814 g/mol. The molecule has 1 fully saturated rings. The summed E-state index contributed by atoms with van der Waals surface area (Å²) >= 11 is 6.65. The molecule has 0 radical (unpaired) electrons. The van der Waals surface area contributed by atoms with Gasteiger partial charge in [-0.1, -0.05) is 29.8 Å². The molecular formula is C41H41ClF5N5O5. The molecule has 10 nitrogen and oxygen atoms in total. The van der Waals surface area contributed by atoms with Crippen molar-refractivity contribution >= 4 is 57.1 Å². The Hall–Kier alpha value is -5.28. The van der Waals surface area contributed by atoms with E-state index in [1.807, 2.05) is 0 Å². The van der Waals surface area contributed by atoms with Crippen LogP contribution in [0.5, 0.6) is 0 Å². The maximum absolute atomic E-state index is 15.4. The van der Waals surface area contributed by atoms with E-state index in [0.29, 0.717) is 18.7 Å². The molecule has 1 aliphatic rings. The van der Waals surface area contributed by atoms with E-state index in [1.165, 1.54) is 46.0 Å². The van der Waals surface area contributed by atoms with Crippen molar-refractivity contribution in [3.8, 4) is 11.1 Å². The fourth-order valence-corrected chi connectivity index (χ4v) is 7.47. The van der Waals surface area contributed by atoms with Gasteiger partial charge < -0.3 is 24.3 Å². The van der Waals surface area contributed by atoms with Crippen molar-refractivity contribution in [2.45, 2.75) is 77.3 Å². The first kappa shape index (κ1) is 41.4. The molecule has 302 valence electrons. The topological polar surface area (TPSA) is 108 Å². The summed E-state index contributed by atoms with van der Waals surface area (Å²) in [5.41, 5.74) is -2.76. The predicted octanol–water partition coefficient (Wildman–Crippen LogP) is 9.83. The highest BCUT2D eigenvalue weighted by Gasteiger charge is 2.37. The minimum absolute atomic E-state index is 0.00323. The zero-order valence-corrected chi connectivity index (χ0v) is 32.8. The molecule has 2 amide bonds. The largest absolute Gasteiger partial charge is 0.444 e. The second-order valence-electron chi connectivity index (χ2n) is 14.9. The van der Waals surface area contributed by atoms with E-state index >= 15 is 8.78 Å². The Morgan fingerprint density at radius 2 is 1.68 bits per heavy atom. The minimum Gasteiger partial charge on any atom is -0.444 e. The maximum Gasteiger partial charge on any atom is 0.417 e. The Kier molecular flexibility index (Phi) is 11.6. The predicted molar refractivity (Wildman–Crippen MR) is 206 cm³/mol. The molecule has 0 aliphatic heterocycles. The van der Waals surface area contributed by atoms with Crippen molar-refractivity contribution in [3.05, 3.63) is 94.4 Å². The Morgan fingerprint density at radius 3 is 2.30 bits per heavy atom. The molecule has 5 aromatic rings. The van der Waals surface area contributed by atoms with Crippen molar-refractivity contribution in [1.29, 1.82) is 0 Å². The van der Waals surface area contributed by atoms with E-state index in [-0.39, 0.29) is 56.8 Å². The lowest BCUT2D eigenvalue weighted by Gasteiger charge is -2.36. The molecule has 6 rings (SSSR count). The average Bonchev–Trinajstić information content (AvgIpc) is 3.70. The molecular weight excluding hydrogens is 773 g/mol. The van der Waals surface area contributed by atoms with Gasteiger partial charge in [0.15, 0.2) is 11.6 Å². The van der Waals surface area contributed by atoms with Gasteiger partial charge in [-0.15, -0.1) is 0 Å². The zero-order chi connectivity index (χ0) is 41.6. The number of rotatable bonds is 8. The van der Waals surface area contributed by atoms with Gasteiger partial charge in [-0.3, -0.25) is 14.2 Å². The zero-order valence-electron chi connectivity index (χ0n) is 32.1. The molecule has 1 saturated carbocycles. The van der Waals surface area contributed by atoms with Crippen molar-refractivity contribution in [2.24, 2.45) is 7.05 Å². The number of carbonyl (C=O) groups excluding carboxylic acids is 3. The molecule has 0 spiro atoms. The van der Waals surface area contributed by atoms with E-state index < -0.39 is 58.1 Å². The second-order valence-corrected chi connectivity index (χ2v) is 15.3. The Balaban J connectivity index is 1.23. The quantitative estimate of drug-likeness (QED) is 0.124. The first-order valence-electron chi connectivity index (χ1n) is 18.2. The summed E-state index contributed by atoms with van der Waals surface area (Å²) in [6, 6.07) is 8.07. The molecule has 57 heavy (non-hydrogen) atoms. The molecule has 0 unspecified atom stereocenters. The summed E-state index contributed by atoms with van der Waals surface area (Å²) in [6.07, 6.45) is 1.23. The molecule has 0 saturated heterocycles. The van der Waals surface area contributed by atoms with Crippen LogP contribution in [-0.2, 0) is 27.5 Å². The summed E-state index contributed by atoms with van der Waals surface area (Å²) in [5, 5.41) is 2.15. The Bertz CT molecular complexity index is 2380. The van der Waals surface area contributed by atoms with Crippen molar-refractivity contribution in [2.75, 3.05) is 19.0 Å². The number of imidazole rings is 1. The molecule has 1 aliphatic carbocycles. The van der Waals surface area contributed by atoms with Crippen LogP contribution in [0.15, 0.2) is 60.8 Å². The number of aromatic nitrogens is 3. The van der Waals surface area contributed by atoms with Crippen LogP contribution >= 0.6 is 11.6 Å². The molecule has 2 aromatic heterocycles. The molecule has 0 atom stereocenters. The third-order valence-electron chi connectivity index (χ3n) is 10.0. The van der Waals surface area contributed by atoms with Crippen molar-refractivity contribution in [3.63, 3.8) is 0 Å². The fourth-order valence-electron chi connectivity index (χ4n) is 7.13. The highest BCUT2D eigenvalue weighted by atomic mass is 35.5. The summed E-state index contributed by atoms with van der Waals surface area (Å²) in [4.78, 5) is 45.4. The lowest BCUT2D eigenvalue weighted by atomic mass is 9.92. The molecule has 3 aromatic carbocycles. The maximum atomic E-state index is 15.4. The van der Waals surface area contributed by atoms with Crippen LogP contribution < -0.4 is 5.32 Å². The number of alkyl halides is 3.